The van der Waals surface area contributed by atoms with E-state index in [0.717, 1.165) is 27.3 Å². The summed E-state index contributed by atoms with van der Waals surface area (Å²) in [5.74, 6) is -0.450. The lowest BCUT2D eigenvalue weighted by Crippen LogP contribution is -2.63. The monoisotopic (exact) mass is 504 g/mol. The van der Waals surface area contributed by atoms with Crippen molar-refractivity contribution >= 4 is 34.8 Å². The number of nitrogens with zero attached hydrogens (tertiary/aromatic N) is 3. The van der Waals surface area contributed by atoms with E-state index in [1.54, 1.807) is 40.0 Å². The van der Waals surface area contributed by atoms with E-state index in [1.807, 2.05) is 66.9 Å². The largest absolute Gasteiger partial charge is 0.350 e. The third-order valence-electron chi connectivity index (χ3n) is 6.39. The highest BCUT2D eigenvalue weighted by atomic mass is 35.5. The van der Waals surface area contributed by atoms with Gasteiger partial charge in [0.2, 0.25) is 5.91 Å². The molecule has 0 aliphatic carbocycles. The summed E-state index contributed by atoms with van der Waals surface area (Å²) in [5, 5.41) is 10.3. The number of hydrogen-bond donors (Lipinski definition) is 1. The van der Waals surface area contributed by atoms with Crippen molar-refractivity contribution in [3.8, 4) is 10.6 Å². The molecule has 0 spiro atoms. The minimum absolute atomic E-state index is 0.223. The van der Waals surface area contributed by atoms with E-state index in [2.05, 4.69) is 10.4 Å². The molecule has 1 atom stereocenters. The number of halogens is 1. The van der Waals surface area contributed by atoms with Crippen LogP contribution in [0.3, 0.4) is 0 Å². The summed E-state index contributed by atoms with van der Waals surface area (Å²) >= 11 is 7.63. The second kappa shape index (κ2) is 9.32. The average Bonchev–Trinajstić information content (AvgIpc) is 3.52. The molecule has 0 saturated heterocycles. The summed E-state index contributed by atoms with van der Waals surface area (Å²) in [7, 11) is 0. The van der Waals surface area contributed by atoms with E-state index in [1.165, 1.54) is 0 Å². The number of amides is 2. The standard InChI is InChI=1S/C27H25ClN4O2S/c1-18-5-7-19(8-6-18)15-29-26(34)27(2)17-32-23(14-22(30-32)24-4-3-13-35-24)25(33)31(27)16-20-9-11-21(28)12-10-20/h3-14H,15-17H2,1-2H3,(H,29,34)/t27-/m1/s1. The number of rotatable bonds is 6. The molecular weight excluding hydrogens is 480 g/mol. The average molecular weight is 505 g/mol. The van der Waals surface area contributed by atoms with Crippen LogP contribution >= 0.6 is 22.9 Å². The van der Waals surface area contributed by atoms with Crippen molar-refractivity contribution in [2.45, 2.75) is 39.0 Å². The highest BCUT2D eigenvalue weighted by Gasteiger charge is 2.48. The van der Waals surface area contributed by atoms with Crippen molar-refractivity contribution in [2.24, 2.45) is 0 Å². The molecule has 35 heavy (non-hydrogen) atoms. The van der Waals surface area contributed by atoms with Crippen LogP contribution in [0.1, 0.15) is 34.1 Å². The number of hydrogen-bond acceptors (Lipinski definition) is 4. The Morgan fingerprint density at radius 3 is 2.51 bits per heavy atom. The second-order valence-electron chi connectivity index (χ2n) is 9.01. The third kappa shape index (κ3) is 4.61. The molecule has 1 aliphatic rings. The van der Waals surface area contributed by atoms with Crippen LogP contribution in [0.15, 0.2) is 72.1 Å². The van der Waals surface area contributed by atoms with Crippen LogP contribution in [0.25, 0.3) is 10.6 Å². The van der Waals surface area contributed by atoms with Crippen LogP contribution in [0.5, 0.6) is 0 Å². The molecule has 1 aliphatic heterocycles. The zero-order valence-electron chi connectivity index (χ0n) is 19.5. The van der Waals surface area contributed by atoms with Gasteiger partial charge in [0.05, 0.1) is 11.4 Å². The topological polar surface area (TPSA) is 67.2 Å². The van der Waals surface area contributed by atoms with Gasteiger partial charge >= 0.3 is 0 Å². The molecule has 5 rings (SSSR count). The Hall–Kier alpha value is -3.42. The maximum atomic E-state index is 13.8. The van der Waals surface area contributed by atoms with Gasteiger partial charge in [0.25, 0.3) is 5.91 Å². The van der Waals surface area contributed by atoms with Crippen molar-refractivity contribution in [2.75, 3.05) is 0 Å². The minimum Gasteiger partial charge on any atom is -0.350 e. The molecule has 2 aromatic carbocycles. The van der Waals surface area contributed by atoms with Crippen molar-refractivity contribution in [3.05, 3.63) is 99.5 Å². The Morgan fingerprint density at radius 1 is 1.11 bits per heavy atom. The number of carbonyl (C=O) groups excluding carboxylic acids is 2. The van der Waals surface area contributed by atoms with Crippen molar-refractivity contribution < 1.29 is 9.59 Å². The second-order valence-corrected chi connectivity index (χ2v) is 10.4. The van der Waals surface area contributed by atoms with Crippen LogP contribution in [0.2, 0.25) is 5.02 Å². The lowest BCUT2D eigenvalue weighted by Gasteiger charge is -2.43. The fourth-order valence-corrected chi connectivity index (χ4v) is 5.09. The van der Waals surface area contributed by atoms with E-state index >= 15 is 0 Å². The van der Waals surface area contributed by atoms with Crippen molar-refractivity contribution in [1.29, 1.82) is 0 Å². The molecule has 6 nitrogen and oxygen atoms in total. The molecule has 0 saturated carbocycles. The number of nitrogens with one attached hydrogen (secondary N) is 1. The molecule has 0 radical (unpaired) electrons. The fourth-order valence-electron chi connectivity index (χ4n) is 4.29. The van der Waals surface area contributed by atoms with Crippen LogP contribution in [-0.2, 0) is 24.4 Å². The van der Waals surface area contributed by atoms with Gasteiger partial charge < -0.3 is 10.2 Å². The van der Waals surface area contributed by atoms with Crippen LogP contribution in [0, 0.1) is 6.92 Å². The Kier molecular flexibility index (Phi) is 6.21. The molecule has 2 aromatic heterocycles. The van der Waals surface area contributed by atoms with E-state index in [4.69, 9.17) is 11.6 Å². The Morgan fingerprint density at radius 2 is 1.83 bits per heavy atom. The lowest BCUT2D eigenvalue weighted by molar-refractivity contribution is -0.133. The summed E-state index contributed by atoms with van der Waals surface area (Å²) in [6.07, 6.45) is 0. The Balaban J connectivity index is 1.47. The van der Waals surface area contributed by atoms with Gasteiger partial charge in [0.1, 0.15) is 16.9 Å². The molecule has 0 fully saturated rings. The van der Waals surface area contributed by atoms with Crippen LogP contribution in [-0.4, -0.2) is 32.0 Å². The van der Waals surface area contributed by atoms with E-state index < -0.39 is 5.54 Å². The number of thiophene rings is 1. The van der Waals surface area contributed by atoms with Gasteiger partial charge in [-0.1, -0.05) is 59.6 Å². The summed E-state index contributed by atoms with van der Waals surface area (Å²) in [6, 6.07) is 21.1. The van der Waals surface area contributed by atoms with Gasteiger partial charge in [-0.3, -0.25) is 14.3 Å². The fraction of sp³-hybridized carbons (Fsp3) is 0.222. The van der Waals surface area contributed by atoms with Crippen LogP contribution < -0.4 is 5.32 Å². The van der Waals surface area contributed by atoms with Gasteiger partial charge in [-0.15, -0.1) is 11.3 Å². The number of aryl methyl sites for hydroxylation is 1. The third-order valence-corrected chi connectivity index (χ3v) is 7.53. The molecule has 8 heteroatoms. The Bertz CT molecular complexity index is 1360. The number of benzene rings is 2. The number of aromatic nitrogens is 2. The SMILES string of the molecule is Cc1ccc(CNC(=O)[C@@]2(C)Cn3nc(-c4cccs4)cc3C(=O)N2Cc2ccc(Cl)cc2)cc1. The van der Waals surface area contributed by atoms with Gasteiger partial charge in [-0.05, 0) is 54.6 Å². The normalized spacial score (nSPS) is 17.3. The molecular formula is C27H25ClN4O2S. The molecule has 178 valence electrons. The van der Waals surface area contributed by atoms with E-state index in [9.17, 15) is 9.59 Å². The number of carbonyl (C=O) groups is 2. The maximum Gasteiger partial charge on any atom is 0.273 e. The van der Waals surface area contributed by atoms with Crippen LogP contribution in [0.4, 0.5) is 0 Å². The first-order valence-electron chi connectivity index (χ1n) is 11.4. The van der Waals surface area contributed by atoms with Crippen molar-refractivity contribution in [3.63, 3.8) is 0 Å². The Labute approximate surface area is 213 Å². The highest BCUT2D eigenvalue weighted by molar-refractivity contribution is 7.13. The first-order valence-corrected chi connectivity index (χ1v) is 12.6. The quantitative estimate of drug-likeness (QED) is 0.387. The summed E-state index contributed by atoms with van der Waals surface area (Å²) in [5.41, 5.74) is 3.13. The first kappa shape index (κ1) is 23.3. The first-order chi connectivity index (χ1) is 16.8. The predicted molar refractivity (Wildman–Crippen MR) is 138 cm³/mol. The van der Waals surface area contributed by atoms with Gasteiger partial charge in [-0.2, -0.15) is 5.10 Å². The molecule has 2 amide bonds. The highest BCUT2D eigenvalue weighted by Crippen LogP contribution is 2.32. The zero-order chi connectivity index (χ0) is 24.6. The van der Waals surface area contributed by atoms with Gasteiger partial charge in [0, 0.05) is 18.1 Å². The van der Waals surface area contributed by atoms with Crippen molar-refractivity contribution in [1.82, 2.24) is 20.0 Å². The molecule has 3 heterocycles. The summed E-state index contributed by atoms with van der Waals surface area (Å²) < 4.78 is 1.67. The van der Waals surface area contributed by atoms with Gasteiger partial charge in [0.15, 0.2) is 0 Å². The van der Waals surface area contributed by atoms with Gasteiger partial charge in [-0.25, -0.2) is 0 Å². The summed E-state index contributed by atoms with van der Waals surface area (Å²) in [6.45, 7) is 4.75. The van der Waals surface area contributed by atoms with E-state index in [-0.39, 0.29) is 24.9 Å². The summed E-state index contributed by atoms with van der Waals surface area (Å²) in [4.78, 5) is 30.0. The molecule has 0 unspecified atom stereocenters. The molecule has 0 bridgehead atoms. The molecule has 1 N–H and O–H groups in total. The van der Waals surface area contributed by atoms with E-state index in [0.29, 0.717) is 17.3 Å². The lowest BCUT2D eigenvalue weighted by atomic mass is 9.94. The predicted octanol–water partition coefficient (Wildman–Crippen LogP) is 5.30. The minimum atomic E-state index is -1.13. The smallest absolute Gasteiger partial charge is 0.273 e. The number of fused-ring (bicyclic) bond motifs is 1. The zero-order valence-corrected chi connectivity index (χ0v) is 21.1. The molecule has 4 aromatic rings. The maximum absolute atomic E-state index is 13.8.